The van der Waals surface area contributed by atoms with E-state index in [0.717, 1.165) is 25.1 Å². The highest BCUT2D eigenvalue weighted by Gasteiger charge is 2.23. The first kappa shape index (κ1) is 20.0. The van der Waals surface area contributed by atoms with Gasteiger partial charge < -0.3 is 14.8 Å². The van der Waals surface area contributed by atoms with Gasteiger partial charge in [0.15, 0.2) is 11.5 Å². The second-order valence-electron chi connectivity index (χ2n) is 6.92. The number of carbonyl (C=O) groups excluding carboxylic acids is 1. The molecule has 1 N–H and O–H groups in total. The van der Waals surface area contributed by atoms with Gasteiger partial charge in [-0.15, -0.1) is 0 Å². The molecule has 1 aliphatic rings. The highest BCUT2D eigenvalue weighted by atomic mass is 16.5. The van der Waals surface area contributed by atoms with Gasteiger partial charge in [-0.1, -0.05) is 42.5 Å². The lowest BCUT2D eigenvalue weighted by atomic mass is 9.99. The normalized spacial score (nSPS) is 15.5. The van der Waals surface area contributed by atoms with Crippen molar-refractivity contribution in [1.82, 2.24) is 10.2 Å². The van der Waals surface area contributed by atoms with E-state index in [2.05, 4.69) is 40.6 Å². The highest BCUT2D eigenvalue weighted by molar-refractivity contribution is 5.81. The summed E-state index contributed by atoms with van der Waals surface area (Å²) in [5.74, 6) is 1.38. The standard InChI is InChI=1S/C23H28N2O3/c1-17(25-13-11-20(12-14-25)19-7-5-4-6-8-19)23(26)24-16-18-9-10-21(27-2)22(15-18)28-3/h4-11,15,17H,12-14,16H2,1-3H3,(H,24,26)/t17-/m0/s1. The first-order valence-corrected chi connectivity index (χ1v) is 9.59. The average Bonchev–Trinajstić information content (AvgIpc) is 2.77. The lowest BCUT2D eigenvalue weighted by Crippen LogP contribution is -2.46. The van der Waals surface area contributed by atoms with Gasteiger partial charge in [0.1, 0.15) is 0 Å². The van der Waals surface area contributed by atoms with Gasteiger partial charge in [0, 0.05) is 19.6 Å². The van der Waals surface area contributed by atoms with E-state index in [0.29, 0.717) is 18.0 Å². The average molecular weight is 380 g/mol. The second kappa shape index (κ2) is 9.42. The van der Waals surface area contributed by atoms with Crippen LogP contribution < -0.4 is 14.8 Å². The summed E-state index contributed by atoms with van der Waals surface area (Å²) in [6.45, 7) is 4.09. The van der Waals surface area contributed by atoms with Gasteiger partial charge in [-0.2, -0.15) is 0 Å². The van der Waals surface area contributed by atoms with Gasteiger partial charge in [0.05, 0.1) is 20.3 Å². The Morgan fingerprint density at radius 1 is 1.11 bits per heavy atom. The summed E-state index contributed by atoms with van der Waals surface area (Å²) in [6.07, 6.45) is 3.19. The molecule has 1 atom stereocenters. The molecular formula is C23H28N2O3. The number of hydrogen-bond acceptors (Lipinski definition) is 4. The third-order valence-corrected chi connectivity index (χ3v) is 5.23. The molecule has 3 rings (SSSR count). The Hall–Kier alpha value is -2.79. The number of hydrogen-bond donors (Lipinski definition) is 1. The zero-order valence-corrected chi connectivity index (χ0v) is 16.8. The van der Waals surface area contributed by atoms with E-state index < -0.39 is 0 Å². The van der Waals surface area contributed by atoms with Gasteiger partial charge >= 0.3 is 0 Å². The minimum Gasteiger partial charge on any atom is -0.493 e. The van der Waals surface area contributed by atoms with Crippen LogP contribution in [0.1, 0.15) is 24.5 Å². The Morgan fingerprint density at radius 3 is 2.50 bits per heavy atom. The van der Waals surface area contributed by atoms with Crippen LogP contribution in [0.25, 0.3) is 5.57 Å². The number of nitrogens with zero attached hydrogens (tertiary/aromatic N) is 1. The molecule has 0 bridgehead atoms. The molecule has 0 aromatic heterocycles. The molecule has 1 heterocycles. The van der Waals surface area contributed by atoms with E-state index >= 15 is 0 Å². The maximum atomic E-state index is 12.6. The summed E-state index contributed by atoms with van der Waals surface area (Å²) in [4.78, 5) is 14.8. The third-order valence-electron chi connectivity index (χ3n) is 5.23. The minimum atomic E-state index is -0.172. The molecule has 5 nitrogen and oxygen atoms in total. The van der Waals surface area contributed by atoms with Crippen LogP contribution in [0.15, 0.2) is 54.6 Å². The van der Waals surface area contributed by atoms with Crippen molar-refractivity contribution in [3.05, 3.63) is 65.7 Å². The molecule has 0 saturated heterocycles. The van der Waals surface area contributed by atoms with Crippen molar-refractivity contribution >= 4 is 11.5 Å². The smallest absolute Gasteiger partial charge is 0.237 e. The van der Waals surface area contributed by atoms with Crippen molar-refractivity contribution in [3.8, 4) is 11.5 Å². The largest absolute Gasteiger partial charge is 0.493 e. The second-order valence-corrected chi connectivity index (χ2v) is 6.92. The minimum absolute atomic E-state index is 0.0337. The van der Waals surface area contributed by atoms with Gasteiger partial charge in [-0.3, -0.25) is 9.69 Å². The first-order valence-electron chi connectivity index (χ1n) is 9.59. The quantitative estimate of drug-likeness (QED) is 0.799. The van der Waals surface area contributed by atoms with Crippen LogP contribution in [-0.2, 0) is 11.3 Å². The molecule has 2 aromatic carbocycles. The fraction of sp³-hybridized carbons (Fsp3) is 0.348. The van der Waals surface area contributed by atoms with Gasteiger partial charge in [-0.05, 0) is 42.2 Å². The summed E-state index contributed by atoms with van der Waals surface area (Å²) in [6, 6.07) is 15.9. The Balaban J connectivity index is 1.55. The number of methoxy groups -OCH3 is 2. The molecule has 0 aliphatic carbocycles. The number of nitrogens with one attached hydrogen (secondary N) is 1. The number of amides is 1. The number of benzene rings is 2. The molecule has 0 unspecified atom stereocenters. The van der Waals surface area contributed by atoms with Crippen LogP contribution in [0.3, 0.4) is 0 Å². The lowest BCUT2D eigenvalue weighted by molar-refractivity contribution is -0.125. The van der Waals surface area contributed by atoms with Gasteiger partial charge in [0.25, 0.3) is 0 Å². The van der Waals surface area contributed by atoms with Gasteiger partial charge in [0.2, 0.25) is 5.91 Å². The van der Waals surface area contributed by atoms with E-state index in [1.807, 2.05) is 31.2 Å². The number of carbonyl (C=O) groups is 1. The SMILES string of the molecule is COc1ccc(CNC(=O)[C@H](C)N2CC=C(c3ccccc3)CC2)cc1OC. The van der Waals surface area contributed by atoms with Crippen LogP contribution >= 0.6 is 0 Å². The van der Waals surface area contributed by atoms with Crippen LogP contribution in [-0.4, -0.2) is 44.2 Å². The molecule has 148 valence electrons. The van der Waals surface area contributed by atoms with Crippen molar-refractivity contribution < 1.29 is 14.3 Å². The number of ether oxygens (including phenoxy) is 2. The van der Waals surface area contributed by atoms with E-state index in [9.17, 15) is 4.79 Å². The van der Waals surface area contributed by atoms with Crippen molar-refractivity contribution in [3.63, 3.8) is 0 Å². The molecule has 0 fully saturated rings. The maximum Gasteiger partial charge on any atom is 0.237 e. The fourth-order valence-corrected chi connectivity index (χ4v) is 3.44. The molecule has 1 aliphatic heterocycles. The topological polar surface area (TPSA) is 50.8 Å². The summed E-state index contributed by atoms with van der Waals surface area (Å²) in [7, 11) is 3.22. The predicted octanol–water partition coefficient (Wildman–Crippen LogP) is 3.50. The fourth-order valence-electron chi connectivity index (χ4n) is 3.44. The van der Waals surface area contributed by atoms with Crippen LogP contribution in [0.2, 0.25) is 0 Å². The Morgan fingerprint density at radius 2 is 1.86 bits per heavy atom. The molecular weight excluding hydrogens is 352 g/mol. The van der Waals surface area contributed by atoms with E-state index in [4.69, 9.17) is 9.47 Å². The summed E-state index contributed by atoms with van der Waals surface area (Å²) < 4.78 is 10.6. The molecule has 5 heteroatoms. The summed E-state index contributed by atoms with van der Waals surface area (Å²) in [5.41, 5.74) is 3.60. The van der Waals surface area contributed by atoms with Gasteiger partial charge in [-0.25, -0.2) is 0 Å². The Labute approximate surface area is 167 Å². The van der Waals surface area contributed by atoms with E-state index in [1.54, 1.807) is 14.2 Å². The van der Waals surface area contributed by atoms with Crippen molar-refractivity contribution in [2.45, 2.75) is 25.9 Å². The Kier molecular flexibility index (Phi) is 6.71. The maximum absolute atomic E-state index is 12.6. The Bertz CT molecular complexity index is 833. The van der Waals surface area contributed by atoms with Crippen molar-refractivity contribution in [2.24, 2.45) is 0 Å². The zero-order valence-electron chi connectivity index (χ0n) is 16.8. The molecule has 2 aromatic rings. The summed E-state index contributed by atoms with van der Waals surface area (Å²) in [5, 5.41) is 3.03. The first-order chi connectivity index (χ1) is 13.6. The van der Waals surface area contributed by atoms with Crippen LogP contribution in [0.5, 0.6) is 11.5 Å². The summed E-state index contributed by atoms with van der Waals surface area (Å²) >= 11 is 0. The van der Waals surface area contributed by atoms with Crippen molar-refractivity contribution in [2.75, 3.05) is 27.3 Å². The van der Waals surface area contributed by atoms with Crippen molar-refractivity contribution in [1.29, 1.82) is 0 Å². The monoisotopic (exact) mass is 380 g/mol. The van der Waals surface area contributed by atoms with E-state index in [-0.39, 0.29) is 11.9 Å². The van der Waals surface area contributed by atoms with Crippen LogP contribution in [0.4, 0.5) is 0 Å². The highest BCUT2D eigenvalue weighted by Crippen LogP contribution is 2.27. The lowest BCUT2D eigenvalue weighted by Gasteiger charge is -2.31. The predicted molar refractivity (Wildman–Crippen MR) is 111 cm³/mol. The molecule has 28 heavy (non-hydrogen) atoms. The molecule has 1 amide bonds. The molecule has 0 spiro atoms. The van der Waals surface area contributed by atoms with Crippen LogP contribution in [0, 0.1) is 0 Å². The molecule has 0 saturated carbocycles. The third kappa shape index (κ3) is 4.73. The van der Waals surface area contributed by atoms with E-state index in [1.165, 1.54) is 11.1 Å². The number of rotatable bonds is 7. The molecule has 0 radical (unpaired) electrons. The zero-order chi connectivity index (χ0) is 19.9.